The van der Waals surface area contributed by atoms with E-state index in [1.807, 2.05) is 13.0 Å². The number of hydrogen-bond donors (Lipinski definition) is 1. The Morgan fingerprint density at radius 1 is 1.63 bits per heavy atom. The fourth-order valence-corrected chi connectivity index (χ4v) is 1.83. The molecule has 0 spiro atoms. The number of amides is 1. The monoisotopic (exact) mass is 277 g/mol. The zero-order chi connectivity index (χ0) is 13.8. The van der Waals surface area contributed by atoms with E-state index in [-0.39, 0.29) is 17.2 Å². The number of carbonyl (C=O) groups excluding carboxylic acids is 1. The van der Waals surface area contributed by atoms with Crippen molar-refractivity contribution in [1.82, 2.24) is 19.9 Å². The molecule has 7 heteroatoms. The Morgan fingerprint density at radius 3 is 3.11 bits per heavy atom. The minimum absolute atomic E-state index is 0.133. The topological polar surface area (TPSA) is 83.1 Å². The summed E-state index contributed by atoms with van der Waals surface area (Å²) < 4.78 is 1.45. The van der Waals surface area contributed by atoms with Gasteiger partial charge in [-0.05, 0) is 30.2 Å². The second-order valence-electron chi connectivity index (χ2n) is 4.04. The largest absolute Gasteiger partial charge is 0.348 e. The first-order chi connectivity index (χ1) is 9.13. The first-order valence-electron chi connectivity index (χ1n) is 5.83. The van der Waals surface area contributed by atoms with Crippen molar-refractivity contribution in [3.05, 3.63) is 29.2 Å². The van der Waals surface area contributed by atoms with Crippen molar-refractivity contribution in [2.45, 2.75) is 25.8 Å². The Bertz CT molecular complexity index is 645. The summed E-state index contributed by atoms with van der Waals surface area (Å²) in [6.07, 6.45) is 2.55. The normalized spacial score (nSPS) is 12.1. The fraction of sp³-hybridized carbons (Fsp3) is 0.333. The molecule has 0 aliphatic carbocycles. The van der Waals surface area contributed by atoms with Gasteiger partial charge in [0.05, 0.1) is 18.1 Å². The molecule has 6 nitrogen and oxygen atoms in total. The molecule has 1 unspecified atom stereocenters. The zero-order valence-corrected chi connectivity index (χ0v) is 11.1. The molecule has 0 bridgehead atoms. The van der Waals surface area contributed by atoms with Gasteiger partial charge in [-0.1, -0.05) is 6.92 Å². The van der Waals surface area contributed by atoms with Crippen molar-refractivity contribution in [2.24, 2.45) is 0 Å². The summed E-state index contributed by atoms with van der Waals surface area (Å²) in [6, 6.07) is 5.22. The molecular weight excluding hydrogens is 266 g/mol. The average molecular weight is 278 g/mol. The molecule has 0 aliphatic rings. The first kappa shape index (κ1) is 13.3. The van der Waals surface area contributed by atoms with Crippen LogP contribution in [0.3, 0.4) is 0 Å². The number of aromatic nitrogens is 3. The van der Waals surface area contributed by atoms with E-state index in [9.17, 15) is 4.79 Å². The summed E-state index contributed by atoms with van der Waals surface area (Å²) in [4.78, 5) is 16.0. The van der Waals surface area contributed by atoms with Gasteiger partial charge in [-0.15, -0.1) is 5.10 Å². The summed E-state index contributed by atoms with van der Waals surface area (Å²) >= 11 is 5.68. The molecule has 2 aromatic rings. The lowest BCUT2D eigenvalue weighted by Gasteiger charge is -2.13. The van der Waals surface area contributed by atoms with Gasteiger partial charge in [0.1, 0.15) is 0 Å². The second-order valence-corrected chi connectivity index (χ2v) is 4.38. The fourth-order valence-electron chi connectivity index (χ4n) is 1.67. The van der Waals surface area contributed by atoms with Gasteiger partial charge in [-0.3, -0.25) is 4.79 Å². The van der Waals surface area contributed by atoms with Gasteiger partial charge in [-0.2, -0.15) is 10.2 Å². The van der Waals surface area contributed by atoms with Crippen molar-refractivity contribution < 1.29 is 4.79 Å². The summed E-state index contributed by atoms with van der Waals surface area (Å²) in [5.74, 6) is -0.240. The van der Waals surface area contributed by atoms with Crippen LogP contribution >= 0.6 is 11.6 Å². The minimum atomic E-state index is -0.240. The van der Waals surface area contributed by atoms with E-state index < -0.39 is 0 Å². The summed E-state index contributed by atoms with van der Waals surface area (Å²) in [5.41, 5.74) is 1.02. The molecule has 0 saturated carbocycles. The molecule has 2 heterocycles. The molecule has 0 saturated heterocycles. The molecule has 0 aromatic carbocycles. The maximum atomic E-state index is 12.0. The Hall–Kier alpha value is -2.13. The third-order valence-corrected chi connectivity index (χ3v) is 2.89. The molecule has 1 N–H and O–H groups in total. The summed E-state index contributed by atoms with van der Waals surface area (Å²) in [7, 11) is 0. The number of pyridine rings is 1. The third kappa shape index (κ3) is 3.01. The van der Waals surface area contributed by atoms with E-state index in [4.69, 9.17) is 16.9 Å². The Labute approximate surface area is 115 Å². The predicted octanol–water partition coefficient (Wildman–Crippen LogP) is 1.80. The highest BCUT2D eigenvalue weighted by molar-refractivity contribution is 6.28. The van der Waals surface area contributed by atoms with Crippen LogP contribution in [0.15, 0.2) is 18.3 Å². The molecule has 1 amide bonds. The quantitative estimate of drug-likeness (QED) is 0.924. The molecule has 19 heavy (non-hydrogen) atoms. The molecule has 1 atom stereocenters. The van der Waals surface area contributed by atoms with Crippen LogP contribution in [-0.4, -0.2) is 26.5 Å². The highest BCUT2D eigenvalue weighted by Gasteiger charge is 2.13. The Morgan fingerprint density at radius 2 is 2.42 bits per heavy atom. The van der Waals surface area contributed by atoms with Crippen LogP contribution in [0.4, 0.5) is 0 Å². The van der Waals surface area contributed by atoms with Crippen LogP contribution in [-0.2, 0) is 0 Å². The second kappa shape index (κ2) is 5.67. The van der Waals surface area contributed by atoms with Crippen LogP contribution in [0, 0.1) is 11.3 Å². The molecule has 0 aliphatic heterocycles. The van der Waals surface area contributed by atoms with Crippen molar-refractivity contribution in [3.8, 4) is 6.07 Å². The number of fused-ring (bicyclic) bond motifs is 1. The minimum Gasteiger partial charge on any atom is -0.348 e. The zero-order valence-electron chi connectivity index (χ0n) is 10.3. The SMILES string of the molecule is CCC(CC#N)NC(=O)c1ccc2nc(Cl)nn2c1. The lowest BCUT2D eigenvalue weighted by Crippen LogP contribution is -2.34. The van der Waals surface area contributed by atoms with E-state index in [1.54, 1.807) is 18.3 Å². The Balaban J connectivity index is 2.19. The maximum Gasteiger partial charge on any atom is 0.253 e. The van der Waals surface area contributed by atoms with Gasteiger partial charge in [0, 0.05) is 12.2 Å². The number of rotatable bonds is 4. The van der Waals surface area contributed by atoms with Crippen LogP contribution in [0.25, 0.3) is 5.65 Å². The number of halogens is 1. The number of nitriles is 1. The maximum absolute atomic E-state index is 12.0. The lowest BCUT2D eigenvalue weighted by atomic mass is 10.1. The number of nitrogens with zero attached hydrogens (tertiary/aromatic N) is 4. The first-order valence-corrected chi connectivity index (χ1v) is 6.21. The molecular formula is C12H12ClN5O. The summed E-state index contributed by atoms with van der Waals surface area (Å²) in [5, 5.41) is 15.5. The highest BCUT2D eigenvalue weighted by Crippen LogP contribution is 2.08. The van der Waals surface area contributed by atoms with E-state index >= 15 is 0 Å². The van der Waals surface area contributed by atoms with Gasteiger partial charge >= 0.3 is 0 Å². The van der Waals surface area contributed by atoms with E-state index in [0.29, 0.717) is 24.1 Å². The van der Waals surface area contributed by atoms with Crippen LogP contribution in [0.5, 0.6) is 0 Å². The number of carbonyl (C=O) groups is 1. The molecule has 2 aromatic heterocycles. The van der Waals surface area contributed by atoms with E-state index in [2.05, 4.69) is 15.4 Å². The van der Waals surface area contributed by atoms with Crippen molar-refractivity contribution in [1.29, 1.82) is 5.26 Å². The van der Waals surface area contributed by atoms with Crippen LogP contribution in [0.1, 0.15) is 30.1 Å². The van der Waals surface area contributed by atoms with Crippen LogP contribution < -0.4 is 5.32 Å². The van der Waals surface area contributed by atoms with Crippen molar-refractivity contribution in [2.75, 3.05) is 0 Å². The highest BCUT2D eigenvalue weighted by atomic mass is 35.5. The Kier molecular flexibility index (Phi) is 3.97. The van der Waals surface area contributed by atoms with Gasteiger partial charge in [-0.25, -0.2) is 4.52 Å². The predicted molar refractivity (Wildman–Crippen MR) is 69.8 cm³/mol. The van der Waals surface area contributed by atoms with Gasteiger partial charge in [0.2, 0.25) is 5.28 Å². The van der Waals surface area contributed by atoms with Crippen molar-refractivity contribution >= 4 is 23.2 Å². The number of hydrogen-bond acceptors (Lipinski definition) is 4. The smallest absolute Gasteiger partial charge is 0.253 e. The summed E-state index contributed by atoms with van der Waals surface area (Å²) in [6.45, 7) is 1.92. The molecule has 2 rings (SSSR count). The standard InChI is InChI=1S/C12H12ClN5O/c1-2-9(5-6-14)15-11(19)8-3-4-10-16-12(13)17-18(10)7-8/h3-4,7,9H,2,5H2,1H3,(H,15,19). The molecule has 0 radical (unpaired) electrons. The van der Waals surface area contributed by atoms with Gasteiger partial charge in [0.15, 0.2) is 5.65 Å². The third-order valence-electron chi connectivity index (χ3n) is 2.73. The van der Waals surface area contributed by atoms with E-state index in [1.165, 1.54) is 4.52 Å². The van der Waals surface area contributed by atoms with Crippen LogP contribution in [0.2, 0.25) is 5.28 Å². The molecule has 0 fully saturated rings. The van der Waals surface area contributed by atoms with Crippen molar-refractivity contribution in [3.63, 3.8) is 0 Å². The molecule has 98 valence electrons. The lowest BCUT2D eigenvalue weighted by molar-refractivity contribution is 0.0936. The van der Waals surface area contributed by atoms with Gasteiger partial charge < -0.3 is 5.32 Å². The number of nitrogens with one attached hydrogen (secondary N) is 1. The van der Waals surface area contributed by atoms with E-state index in [0.717, 1.165) is 0 Å². The average Bonchev–Trinajstić information content (AvgIpc) is 2.76. The van der Waals surface area contributed by atoms with Gasteiger partial charge in [0.25, 0.3) is 5.91 Å².